The number of carbonyl (C=O) groups is 4. The number of ketones is 1. The first-order chi connectivity index (χ1) is 18.1. The zero-order chi connectivity index (χ0) is 27.1. The quantitative estimate of drug-likeness (QED) is 0.480. The van der Waals surface area contributed by atoms with E-state index in [4.69, 9.17) is 4.74 Å². The SMILES string of the molecule is C[C@]12CC[C@H]3[C@H](CCC4=CC(=O)CC[C@@]43C)[C@@H]1CC[C@@H]2OC(=O)CCC(=O)N[C@H](C(=O)O)c1ccccc1. The average molecular weight is 522 g/mol. The molecule has 0 unspecified atom stereocenters. The van der Waals surface area contributed by atoms with Crippen LogP contribution in [-0.4, -0.2) is 34.8 Å². The van der Waals surface area contributed by atoms with Crippen molar-refractivity contribution in [1.29, 1.82) is 0 Å². The van der Waals surface area contributed by atoms with Gasteiger partial charge in [-0.25, -0.2) is 4.79 Å². The third-order valence-corrected chi connectivity index (χ3v) is 10.4. The number of carboxylic acid groups (broad SMARTS) is 1. The molecule has 4 aliphatic carbocycles. The molecule has 38 heavy (non-hydrogen) atoms. The van der Waals surface area contributed by atoms with Crippen LogP contribution in [0, 0.1) is 28.6 Å². The molecule has 0 spiro atoms. The summed E-state index contributed by atoms with van der Waals surface area (Å²) in [7, 11) is 0. The van der Waals surface area contributed by atoms with Crippen molar-refractivity contribution in [3.8, 4) is 0 Å². The highest BCUT2D eigenvalue weighted by Crippen LogP contribution is 2.65. The molecule has 1 aromatic rings. The zero-order valence-corrected chi connectivity index (χ0v) is 22.4. The Morgan fingerprint density at radius 2 is 1.76 bits per heavy atom. The summed E-state index contributed by atoms with van der Waals surface area (Å²) >= 11 is 0. The van der Waals surface area contributed by atoms with Crippen LogP contribution in [0.2, 0.25) is 0 Å². The molecule has 4 aliphatic rings. The fourth-order valence-electron chi connectivity index (χ4n) is 8.30. The van der Waals surface area contributed by atoms with Gasteiger partial charge in [0.2, 0.25) is 5.91 Å². The molecule has 7 heteroatoms. The predicted molar refractivity (Wildman–Crippen MR) is 141 cm³/mol. The van der Waals surface area contributed by atoms with Crippen molar-refractivity contribution >= 4 is 23.6 Å². The lowest BCUT2D eigenvalue weighted by atomic mass is 9.47. The Morgan fingerprint density at radius 1 is 1.00 bits per heavy atom. The van der Waals surface area contributed by atoms with Crippen molar-refractivity contribution in [2.45, 2.75) is 90.2 Å². The summed E-state index contributed by atoms with van der Waals surface area (Å²) in [5, 5.41) is 12.1. The number of aliphatic carboxylic acids is 1. The van der Waals surface area contributed by atoms with Crippen molar-refractivity contribution in [3.05, 3.63) is 47.5 Å². The average Bonchev–Trinajstić information content (AvgIpc) is 3.22. The van der Waals surface area contributed by atoms with E-state index in [1.807, 2.05) is 6.08 Å². The molecule has 0 aromatic heterocycles. The molecule has 1 aromatic carbocycles. The molecule has 3 fully saturated rings. The number of esters is 1. The number of benzene rings is 1. The summed E-state index contributed by atoms with van der Waals surface area (Å²) in [4.78, 5) is 49.0. The van der Waals surface area contributed by atoms with Gasteiger partial charge in [0.25, 0.3) is 0 Å². The Kier molecular flexibility index (Phi) is 7.23. The standard InChI is InChI=1S/C31H39NO6/c1-30-16-14-21(33)18-20(30)8-9-22-23-10-11-25(31(23,2)17-15-24(22)30)38-27(35)13-12-26(34)32-28(29(36)37)19-6-4-3-5-7-19/h3-7,18,22-25,28H,8-17H2,1-2H3,(H,32,34)(H,36,37)/t22-,23+,24+,25+,28+,30+,31+/m1/s1. The van der Waals surface area contributed by atoms with Crippen molar-refractivity contribution in [2.24, 2.45) is 28.6 Å². The van der Waals surface area contributed by atoms with Gasteiger partial charge in [-0.1, -0.05) is 49.8 Å². The third kappa shape index (κ3) is 4.80. The van der Waals surface area contributed by atoms with Crippen molar-refractivity contribution < 1.29 is 29.0 Å². The normalized spacial score (nSPS) is 34.7. The van der Waals surface area contributed by atoms with Gasteiger partial charge in [-0.15, -0.1) is 0 Å². The number of allylic oxidation sites excluding steroid dienone is 1. The first-order valence-electron chi connectivity index (χ1n) is 14.1. The fourth-order valence-corrected chi connectivity index (χ4v) is 8.30. The number of fused-ring (bicyclic) bond motifs is 5. The van der Waals surface area contributed by atoms with Gasteiger partial charge in [0, 0.05) is 18.3 Å². The zero-order valence-electron chi connectivity index (χ0n) is 22.4. The second kappa shape index (κ2) is 10.3. The number of nitrogens with one attached hydrogen (secondary N) is 1. The van der Waals surface area contributed by atoms with Crippen molar-refractivity contribution in [2.75, 3.05) is 0 Å². The van der Waals surface area contributed by atoms with Crippen LogP contribution in [0.3, 0.4) is 0 Å². The van der Waals surface area contributed by atoms with Crippen LogP contribution in [-0.2, 0) is 23.9 Å². The van der Waals surface area contributed by atoms with Crippen LogP contribution < -0.4 is 5.32 Å². The first kappa shape index (κ1) is 26.6. The van der Waals surface area contributed by atoms with E-state index in [1.165, 1.54) is 5.57 Å². The van der Waals surface area contributed by atoms with Gasteiger partial charge in [0.05, 0.1) is 6.42 Å². The second-order valence-electron chi connectivity index (χ2n) is 12.3. The molecule has 0 heterocycles. The molecule has 7 nitrogen and oxygen atoms in total. The third-order valence-electron chi connectivity index (χ3n) is 10.4. The number of amides is 1. The van der Waals surface area contributed by atoms with Gasteiger partial charge >= 0.3 is 11.9 Å². The van der Waals surface area contributed by atoms with Crippen LogP contribution in [0.15, 0.2) is 42.0 Å². The van der Waals surface area contributed by atoms with E-state index < -0.39 is 23.9 Å². The number of ether oxygens (including phenoxy) is 1. The van der Waals surface area contributed by atoms with Crippen molar-refractivity contribution in [3.63, 3.8) is 0 Å². The topological polar surface area (TPSA) is 110 Å². The minimum Gasteiger partial charge on any atom is -0.479 e. The summed E-state index contributed by atoms with van der Waals surface area (Å²) in [5.74, 6) is -0.0844. The smallest absolute Gasteiger partial charge is 0.330 e. The highest BCUT2D eigenvalue weighted by Gasteiger charge is 2.59. The highest BCUT2D eigenvalue weighted by molar-refractivity contribution is 5.91. The molecule has 3 saturated carbocycles. The molecule has 7 atom stereocenters. The minimum atomic E-state index is -1.15. The number of carbonyl (C=O) groups excluding carboxylic acids is 3. The number of hydrogen-bond acceptors (Lipinski definition) is 5. The van der Waals surface area contributed by atoms with Crippen LogP contribution in [0.1, 0.15) is 89.7 Å². The Hall–Kier alpha value is -2.96. The maximum Gasteiger partial charge on any atom is 0.330 e. The van der Waals surface area contributed by atoms with Gasteiger partial charge in [0.1, 0.15) is 6.10 Å². The number of carboxylic acids is 1. The molecule has 0 radical (unpaired) electrons. The van der Waals surface area contributed by atoms with Gasteiger partial charge in [-0.05, 0) is 79.8 Å². The molecule has 204 valence electrons. The van der Waals surface area contributed by atoms with Crippen LogP contribution in [0.25, 0.3) is 0 Å². The van der Waals surface area contributed by atoms with E-state index >= 15 is 0 Å². The lowest BCUT2D eigenvalue weighted by Gasteiger charge is -2.57. The molecular weight excluding hydrogens is 482 g/mol. The molecule has 0 aliphatic heterocycles. The predicted octanol–water partition coefficient (Wildman–Crippen LogP) is 5.15. The maximum atomic E-state index is 12.8. The molecule has 1 amide bonds. The minimum absolute atomic E-state index is 0.0666. The van der Waals surface area contributed by atoms with Crippen LogP contribution in [0.5, 0.6) is 0 Å². The molecule has 0 saturated heterocycles. The van der Waals surface area contributed by atoms with Crippen LogP contribution >= 0.6 is 0 Å². The highest BCUT2D eigenvalue weighted by atomic mass is 16.5. The van der Waals surface area contributed by atoms with E-state index in [0.29, 0.717) is 29.7 Å². The summed E-state index contributed by atoms with van der Waals surface area (Å²) in [6, 6.07) is 7.36. The first-order valence-corrected chi connectivity index (χ1v) is 14.1. The summed E-state index contributed by atoms with van der Waals surface area (Å²) in [5.41, 5.74) is 1.89. The monoisotopic (exact) mass is 521 g/mol. The lowest BCUT2D eigenvalue weighted by molar-refractivity contribution is -0.160. The van der Waals surface area contributed by atoms with Gasteiger partial charge in [-0.3, -0.25) is 14.4 Å². The summed E-state index contributed by atoms with van der Waals surface area (Å²) < 4.78 is 6.01. The van der Waals surface area contributed by atoms with E-state index in [-0.39, 0.29) is 35.6 Å². The lowest BCUT2D eigenvalue weighted by Crippen LogP contribution is -2.51. The largest absolute Gasteiger partial charge is 0.479 e. The molecule has 2 N–H and O–H groups in total. The van der Waals surface area contributed by atoms with Crippen LogP contribution in [0.4, 0.5) is 0 Å². The van der Waals surface area contributed by atoms with E-state index in [1.54, 1.807) is 30.3 Å². The van der Waals surface area contributed by atoms with E-state index in [2.05, 4.69) is 19.2 Å². The second-order valence-corrected chi connectivity index (χ2v) is 12.3. The fraction of sp³-hybridized carbons (Fsp3) is 0.613. The molecule has 5 rings (SSSR count). The van der Waals surface area contributed by atoms with Gasteiger partial charge in [0.15, 0.2) is 11.8 Å². The number of hydrogen-bond donors (Lipinski definition) is 2. The summed E-state index contributed by atoms with van der Waals surface area (Å²) in [6.45, 7) is 4.65. The van der Waals surface area contributed by atoms with Gasteiger partial charge in [-0.2, -0.15) is 0 Å². The number of rotatable bonds is 7. The van der Waals surface area contributed by atoms with E-state index in [9.17, 15) is 24.3 Å². The van der Waals surface area contributed by atoms with Gasteiger partial charge < -0.3 is 15.2 Å². The van der Waals surface area contributed by atoms with Crippen molar-refractivity contribution in [1.82, 2.24) is 5.32 Å². The Labute approximate surface area is 224 Å². The molecule has 0 bridgehead atoms. The summed E-state index contributed by atoms with van der Waals surface area (Å²) in [6.07, 6.45) is 9.28. The Balaban J connectivity index is 1.17. The maximum absolute atomic E-state index is 12.8. The molecular formula is C31H39NO6. The Bertz CT molecular complexity index is 1140. The van der Waals surface area contributed by atoms with E-state index in [0.717, 1.165) is 44.9 Å². The Morgan fingerprint density at radius 3 is 2.50 bits per heavy atom.